The highest BCUT2D eigenvalue weighted by Gasteiger charge is 2.20. The Morgan fingerprint density at radius 3 is 1.62 bits per heavy atom. The molecule has 1 heterocycles. The highest BCUT2D eigenvalue weighted by atomic mass is 16.3. The Morgan fingerprint density at radius 2 is 0.821 bits per heavy atom. The summed E-state index contributed by atoms with van der Waals surface area (Å²) in [5, 5.41) is 9.78. The van der Waals surface area contributed by atoms with E-state index in [0.29, 0.717) is 0 Å². The summed E-state index contributed by atoms with van der Waals surface area (Å²) < 4.78 is 6.38. The SMILES string of the molecule is c1cc(-c2ccc(-c3ccc4c(ccc5ccccc54)c3)cc2)cc(N(c2ccc(-c3ccc4ccccc4c3)cc2)c2cccc3oc4ccccc4c23)c1. The van der Waals surface area contributed by atoms with Crippen molar-refractivity contribution in [2.24, 2.45) is 0 Å². The van der Waals surface area contributed by atoms with Crippen LogP contribution in [-0.4, -0.2) is 0 Å². The number of para-hydroxylation sites is 1. The minimum atomic E-state index is 0.870. The van der Waals surface area contributed by atoms with Gasteiger partial charge in [0, 0.05) is 16.8 Å². The largest absolute Gasteiger partial charge is 0.456 e. The highest BCUT2D eigenvalue weighted by Crippen LogP contribution is 2.44. The van der Waals surface area contributed by atoms with Gasteiger partial charge in [-0.3, -0.25) is 0 Å². The van der Waals surface area contributed by atoms with Crippen molar-refractivity contribution in [2.75, 3.05) is 4.90 Å². The molecular formula is C54H35NO. The molecule has 56 heavy (non-hydrogen) atoms. The van der Waals surface area contributed by atoms with Gasteiger partial charge in [0.15, 0.2) is 0 Å². The molecular weight excluding hydrogens is 679 g/mol. The Labute approximate surface area is 325 Å². The minimum absolute atomic E-state index is 0.870. The summed E-state index contributed by atoms with van der Waals surface area (Å²) in [6.07, 6.45) is 0. The standard InChI is InChI=1S/C54H35NO/c1-2-11-41-33-43(25-23-36(41)9-1)39-27-30-46(31-28-39)55(51-16-8-18-53-54(51)50-15-5-6-17-52(50)56-53)47-13-7-12-42(35-47)37-19-21-38(22-20-37)44-29-32-49-45(34-44)26-24-40-10-3-4-14-48(40)49/h1-35H. The Morgan fingerprint density at radius 1 is 0.286 bits per heavy atom. The fraction of sp³-hybridized carbons (Fsp3) is 0. The van der Waals surface area contributed by atoms with Gasteiger partial charge in [0.05, 0.1) is 11.1 Å². The Kier molecular flexibility index (Phi) is 7.53. The van der Waals surface area contributed by atoms with E-state index in [1.807, 2.05) is 12.1 Å². The van der Waals surface area contributed by atoms with Crippen LogP contribution in [0.25, 0.3) is 87.6 Å². The molecule has 11 rings (SSSR count). The summed E-state index contributed by atoms with van der Waals surface area (Å²) in [4.78, 5) is 2.37. The van der Waals surface area contributed by atoms with Crippen LogP contribution in [0.15, 0.2) is 217 Å². The highest BCUT2D eigenvalue weighted by molar-refractivity contribution is 6.13. The average Bonchev–Trinajstić information content (AvgIpc) is 3.66. The first-order chi connectivity index (χ1) is 27.7. The number of fused-ring (bicyclic) bond motifs is 7. The van der Waals surface area contributed by atoms with Crippen molar-refractivity contribution in [3.05, 3.63) is 212 Å². The van der Waals surface area contributed by atoms with Gasteiger partial charge in [0.2, 0.25) is 0 Å². The molecule has 0 fully saturated rings. The third-order valence-electron chi connectivity index (χ3n) is 11.2. The Hall–Kier alpha value is -7.42. The maximum atomic E-state index is 6.38. The van der Waals surface area contributed by atoms with Crippen molar-refractivity contribution in [1.82, 2.24) is 0 Å². The number of hydrogen-bond acceptors (Lipinski definition) is 2. The van der Waals surface area contributed by atoms with Gasteiger partial charge in [-0.2, -0.15) is 0 Å². The quantitative estimate of drug-likeness (QED) is 0.160. The van der Waals surface area contributed by atoms with Crippen LogP contribution in [0.4, 0.5) is 17.1 Å². The molecule has 0 N–H and O–H groups in total. The monoisotopic (exact) mass is 713 g/mol. The van der Waals surface area contributed by atoms with Crippen molar-refractivity contribution in [2.45, 2.75) is 0 Å². The van der Waals surface area contributed by atoms with Gasteiger partial charge >= 0.3 is 0 Å². The number of anilines is 3. The molecule has 1 aromatic heterocycles. The van der Waals surface area contributed by atoms with Crippen molar-refractivity contribution >= 4 is 71.3 Å². The number of furan rings is 1. The molecule has 0 radical (unpaired) electrons. The molecule has 11 aromatic rings. The lowest BCUT2D eigenvalue weighted by Crippen LogP contribution is -2.10. The van der Waals surface area contributed by atoms with E-state index >= 15 is 0 Å². The second-order valence-electron chi connectivity index (χ2n) is 14.5. The van der Waals surface area contributed by atoms with Gasteiger partial charge in [0.25, 0.3) is 0 Å². The molecule has 0 bridgehead atoms. The average molecular weight is 714 g/mol. The van der Waals surface area contributed by atoms with Gasteiger partial charge in [0.1, 0.15) is 11.2 Å². The lowest BCUT2D eigenvalue weighted by atomic mass is 9.96. The van der Waals surface area contributed by atoms with E-state index in [1.165, 1.54) is 60.1 Å². The molecule has 10 aromatic carbocycles. The lowest BCUT2D eigenvalue weighted by Gasteiger charge is -2.27. The molecule has 0 unspecified atom stereocenters. The molecule has 0 aliphatic carbocycles. The van der Waals surface area contributed by atoms with Crippen molar-refractivity contribution in [1.29, 1.82) is 0 Å². The summed E-state index contributed by atoms with van der Waals surface area (Å²) in [6, 6.07) is 76.5. The normalized spacial score (nSPS) is 11.6. The first-order valence-electron chi connectivity index (χ1n) is 19.2. The van der Waals surface area contributed by atoms with Gasteiger partial charge in [-0.15, -0.1) is 0 Å². The molecule has 0 saturated heterocycles. The predicted octanol–water partition coefficient (Wildman–Crippen LogP) is 15.5. The zero-order chi connectivity index (χ0) is 37.0. The van der Waals surface area contributed by atoms with E-state index in [2.05, 4.69) is 205 Å². The van der Waals surface area contributed by atoms with Crippen LogP contribution in [0.2, 0.25) is 0 Å². The third-order valence-corrected chi connectivity index (χ3v) is 11.2. The van der Waals surface area contributed by atoms with Gasteiger partial charge in [-0.05, 0) is 120 Å². The summed E-state index contributed by atoms with van der Waals surface area (Å²) >= 11 is 0. The second-order valence-corrected chi connectivity index (χ2v) is 14.5. The molecule has 0 atom stereocenters. The van der Waals surface area contributed by atoms with Gasteiger partial charge < -0.3 is 9.32 Å². The summed E-state index contributed by atoms with van der Waals surface area (Å²) in [6.45, 7) is 0. The summed E-state index contributed by atoms with van der Waals surface area (Å²) in [5.41, 5.74) is 12.1. The van der Waals surface area contributed by atoms with Crippen molar-refractivity contribution in [3.63, 3.8) is 0 Å². The number of rotatable bonds is 6. The van der Waals surface area contributed by atoms with Crippen LogP contribution in [0.3, 0.4) is 0 Å². The molecule has 0 spiro atoms. The van der Waals surface area contributed by atoms with Crippen LogP contribution >= 0.6 is 0 Å². The van der Waals surface area contributed by atoms with E-state index in [0.717, 1.165) is 44.6 Å². The van der Waals surface area contributed by atoms with E-state index in [-0.39, 0.29) is 0 Å². The third kappa shape index (κ3) is 5.51. The Balaban J connectivity index is 0.990. The van der Waals surface area contributed by atoms with Crippen LogP contribution < -0.4 is 4.90 Å². The summed E-state index contributed by atoms with van der Waals surface area (Å²) in [5.74, 6) is 0. The Bertz CT molecular complexity index is 3250. The number of hydrogen-bond donors (Lipinski definition) is 0. The number of benzene rings is 10. The minimum Gasteiger partial charge on any atom is -0.456 e. The van der Waals surface area contributed by atoms with E-state index in [1.54, 1.807) is 0 Å². The summed E-state index contributed by atoms with van der Waals surface area (Å²) in [7, 11) is 0. The van der Waals surface area contributed by atoms with E-state index in [9.17, 15) is 0 Å². The smallest absolute Gasteiger partial charge is 0.137 e. The van der Waals surface area contributed by atoms with Crippen molar-refractivity contribution in [3.8, 4) is 33.4 Å². The zero-order valence-corrected chi connectivity index (χ0v) is 30.6. The first-order valence-corrected chi connectivity index (χ1v) is 19.2. The molecule has 262 valence electrons. The van der Waals surface area contributed by atoms with Gasteiger partial charge in [-0.25, -0.2) is 0 Å². The van der Waals surface area contributed by atoms with Crippen LogP contribution in [0, 0.1) is 0 Å². The van der Waals surface area contributed by atoms with Crippen molar-refractivity contribution < 1.29 is 4.42 Å². The molecule has 0 amide bonds. The number of nitrogens with zero attached hydrogens (tertiary/aromatic N) is 1. The maximum absolute atomic E-state index is 6.38. The van der Waals surface area contributed by atoms with E-state index in [4.69, 9.17) is 4.42 Å². The topological polar surface area (TPSA) is 16.4 Å². The molecule has 0 aliphatic rings. The molecule has 0 aliphatic heterocycles. The fourth-order valence-electron chi connectivity index (χ4n) is 8.41. The molecule has 0 saturated carbocycles. The van der Waals surface area contributed by atoms with Crippen LogP contribution in [0.1, 0.15) is 0 Å². The molecule has 2 heteroatoms. The first kappa shape index (κ1) is 32.0. The predicted molar refractivity (Wildman–Crippen MR) is 237 cm³/mol. The van der Waals surface area contributed by atoms with Gasteiger partial charge in [-0.1, -0.05) is 158 Å². The lowest BCUT2D eigenvalue weighted by molar-refractivity contribution is 0.669. The second kappa shape index (κ2) is 13.2. The molecule has 2 nitrogen and oxygen atoms in total. The maximum Gasteiger partial charge on any atom is 0.137 e. The van der Waals surface area contributed by atoms with Crippen LogP contribution in [0.5, 0.6) is 0 Å². The van der Waals surface area contributed by atoms with Crippen LogP contribution in [-0.2, 0) is 0 Å². The fourth-order valence-corrected chi connectivity index (χ4v) is 8.41. The van der Waals surface area contributed by atoms with E-state index < -0.39 is 0 Å². The zero-order valence-electron chi connectivity index (χ0n) is 30.6.